The van der Waals surface area contributed by atoms with Crippen molar-refractivity contribution in [2.45, 2.75) is 37.6 Å². The molecule has 0 saturated carbocycles. The molecular formula is C17H24ClN3O4S. The fourth-order valence-corrected chi connectivity index (χ4v) is 4.38. The Morgan fingerprint density at radius 3 is 2.62 bits per heavy atom. The van der Waals surface area contributed by atoms with E-state index < -0.39 is 22.0 Å². The molecule has 1 aliphatic heterocycles. The van der Waals surface area contributed by atoms with Crippen LogP contribution in [-0.4, -0.2) is 50.2 Å². The molecule has 7 nitrogen and oxygen atoms in total. The Morgan fingerprint density at radius 2 is 2.00 bits per heavy atom. The molecule has 2 amide bonds. The smallest absolute Gasteiger partial charge is 0.243 e. The number of hydrogen-bond donors (Lipinski definition) is 2. The van der Waals surface area contributed by atoms with E-state index in [0.29, 0.717) is 17.5 Å². The SMILES string of the molecule is CC(C)CCNC(=O)CC1C(=O)NCCN1S(=O)(=O)c1ccc(Cl)cc1. The number of benzene rings is 1. The van der Waals surface area contributed by atoms with Gasteiger partial charge in [-0.15, -0.1) is 0 Å². The van der Waals surface area contributed by atoms with Gasteiger partial charge in [-0.3, -0.25) is 9.59 Å². The Kier molecular flexibility index (Phi) is 7.02. The van der Waals surface area contributed by atoms with Crippen molar-refractivity contribution in [2.24, 2.45) is 5.92 Å². The number of nitrogens with zero attached hydrogens (tertiary/aromatic N) is 1. The third-order valence-electron chi connectivity index (χ3n) is 4.12. The van der Waals surface area contributed by atoms with Gasteiger partial charge >= 0.3 is 0 Å². The highest BCUT2D eigenvalue weighted by Gasteiger charge is 2.39. The van der Waals surface area contributed by atoms with Crippen LogP contribution in [0.25, 0.3) is 0 Å². The Labute approximate surface area is 159 Å². The molecular weight excluding hydrogens is 378 g/mol. The molecule has 0 aromatic heterocycles. The minimum absolute atomic E-state index is 0.0433. The van der Waals surface area contributed by atoms with Gasteiger partial charge in [0.15, 0.2) is 0 Å². The van der Waals surface area contributed by atoms with Crippen molar-refractivity contribution in [2.75, 3.05) is 19.6 Å². The van der Waals surface area contributed by atoms with Crippen molar-refractivity contribution in [1.82, 2.24) is 14.9 Å². The van der Waals surface area contributed by atoms with E-state index in [1.54, 1.807) is 0 Å². The fourth-order valence-electron chi connectivity index (χ4n) is 2.67. The van der Waals surface area contributed by atoms with Crippen LogP contribution in [0.15, 0.2) is 29.2 Å². The van der Waals surface area contributed by atoms with Gasteiger partial charge in [0.2, 0.25) is 21.8 Å². The summed E-state index contributed by atoms with van der Waals surface area (Å²) in [6.45, 7) is 4.90. The molecule has 2 rings (SSSR count). The lowest BCUT2D eigenvalue weighted by atomic mass is 10.1. The quantitative estimate of drug-likeness (QED) is 0.721. The normalized spacial score (nSPS) is 18.6. The van der Waals surface area contributed by atoms with Gasteiger partial charge in [-0.1, -0.05) is 25.4 Å². The maximum Gasteiger partial charge on any atom is 0.243 e. The maximum atomic E-state index is 12.9. The van der Waals surface area contributed by atoms with Crippen LogP contribution in [-0.2, 0) is 19.6 Å². The Hall–Kier alpha value is -1.64. The van der Waals surface area contributed by atoms with E-state index in [0.717, 1.165) is 10.7 Å². The number of carbonyl (C=O) groups is 2. The average Bonchev–Trinajstić information content (AvgIpc) is 2.56. The first-order valence-electron chi connectivity index (χ1n) is 8.53. The van der Waals surface area contributed by atoms with E-state index in [1.165, 1.54) is 24.3 Å². The number of halogens is 1. The zero-order chi connectivity index (χ0) is 19.3. The van der Waals surface area contributed by atoms with Crippen molar-refractivity contribution >= 4 is 33.4 Å². The lowest BCUT2D eigenvalue weighted by Gasteiger charge is -2.33. The van der Waals surface area contributed by atoms with Crippen LogP contribution in [0.4, 0.5) is 0 Å². The highest BCUT2D eigenvalue weighted by Crippen LogP contribution is 2.23. The highest BCUT2D eigenvalue weighted by molar-refractivity contribution is 7.89. The van der Waals surface area contributed by atoms with E-state index >= 15 is 0 Å². The van der Waals surface area contributed by atoms with Crippen LogP contribution in [0.3, 0.4) is 0 Å². The number of amides is 2. The first kappa shape index (κ1) is 20.7. The van der Waals surface area contributed by atoms with Crippen molar-refractivity contribution in [1.29, 1.82) is 0 Å². The lowest BCUT2D eigenvalue weighted by molar-refractivity contribution is -0.131. The van der Waals surface area contributed by atoms with Gasteiger partial charge in [-0.05, 0) is 36.6 Å². The largest absolute Gasteiger partial charge is 0.356 e. The lowest BCUT2D eigenvalue weighted by Crippen LogP contribution is -2.58. The summed E-state index contributed by atoms with van der Waals surface area (Å²) in [5, 5.41) is 5.79. The fraction of sp³-hybridized carbons (Fsp3) is 0.529. The second kappa shape index (κ2) is 8.83. The second-order valence-electron chi connectivity index (χ2n) is 6.61. The second-order valence-corrected chi connectivity index (χ2v) is 8.94. The van der Waals surface area contributed by atoms with Crippen LogP contribution >= 0.6 is 11.6 Å². The molecule has 1 aromatic carbocycles. The summed E-state index contributed by atoms with van der Waals surface area (Å²) >= 11 is 5.81. The van der Waals surface area contributed by atoms with Gasteiger partial charge in [-0.25, -0.2) is 8.42 Å². The number of nitrogens with one attached hydrogen (secondary N) is 2. The van der Waals surface area contributed by atoms with Crippen LogP contribution in [0, 0.1) is 5.92 Å². The van der Waals surface area contributed by atoms with Gasteiger partial charge in [0, 0.05) is 24.7 Å². The Bertz CT molecular complexity index is 750. The van der Waals surface area contributed by atoms with Gasteiger partial charge in [0.1, 0.15) is 6.04 Å². The zero-order valence-electron chi connectivity index (χ0n) is 14.9. The summed E-state index contributed by atoms with van der Waals surface area (Å²) in [4.78, 5) is 24.4. The van der Waals surface area contributed by atoms with E-state index in [-0.39, 0.29) is 30.3 Å². The van der Waals surface area contributed by atoms with Crippen molar-refractivity contribution < 1.29 is 18.0 Å². The van der Waals surface area contributed by atoms with E-state index in [1.807, 2.05) is 13.8 Å². The average molecular weight is 402 g/mol. The van der Waals surface area contributed by atoms with Crippen molar-refractivity contribution in [3.63, 3.8) is 0 Å². The predicted molar refractivity (Wildman–Crippen MR) is 99.2 cm³/mol. The number of sulfonamides is 1. The zero-order valence-corrected chi connectivity index (χ0v) is 16.4. The first-order chi connectivity index (χ1) is 12.2. The van der Waals surface area contributed by atoms with Gasteiger partial charge in [0.25, 0.3) is 0 Å². The summed E-state index contributed by atoms with van der Waals surface area (Å²) in [6.07, 6.45) is 0.603. The highest BCUT2D eigenvalue weighted by atomic mass is 35.5. The molecule has 1 saturated heterocycles. The van der Waals surface area contributed by atoms with Gasteiger partial charge in [-0.2, -0.15) is 4.31 Å². The maximum absolute atomic E-state index is 12.9. The van der Waals surface area contributed by atoms with Crippen LogP contribution in [0.2, 0.25) is 5.02 Å². The molecule has 1 fully saturated rings. The number of carbonyl (C=O) groups excluding carboxylic acids is 2. The van der Waals surface area contributed by atoms with Crippen LogP contribution < -0.4 is 10.6 Å². The third kappa shape index (κ3) is 5.18. The summed E-state index contributed by atoms with van der Waals surface area (Å²) in [6, 6.07) is 4.68. The topological polar surface area (TPSA) is 95.6 Å². The molecule has 26 heavy (non-hydrogen) atoms. The van der Waals surface area contributed by atoms with E-state index in [4.69, 9.17) is 11.6 Å². The Morgan fingerprint density at radius 1 is 1.35 bits per heavy atom. The molecule has 0 radical (unpaired) electrons. The van der Waals surface area contributed by atoms with Crippen LogP contribution in [0.1, 0.15) is 26.7 Å². The third-order valence-corrected chi connectivity index (χ3v) is 6.30. The summed E-state index contributed by atoms with van der Waals surface area (Å²) in [5.74, 6) is -0.369. The minimum atomic E-state index is -3.91. The molecule has 144 valence electrons. The molecule has 0 spiro atoms. The van der Waals surface area contributed by atoms with E-state index in [2.05, 4.69) is 10.6 Å². The minimum Gasteiger partial charge on any atom is -0.356 e. The van der Waals surface area contributed by atoms with Crippen molar-refractivity contribution in [3.05, 3.63) is 29.3 Å². The molecule has 0 aliphatic carbocycles. The standard InChI is InChI=1S/C17H24ClN3O4S/c1-12(2)7-8-19-16(22)11-15-17(23)20-9-10-21(15)26(24,25)14-5-3-13(18)4-6-14/h3-6,12,15H,7-11H2,1-2H3,(H,19,22)(H,20,23). The van der Waals surface area contributed by atoms with E-state index in [9.17, 15) is 18.0 Å². The number of hydrogen-bond acceptors (Lipinski definition) is 4. The molecule has 1 heterocycles. The number of rotatable bonds is 7. The Balaban J connectivity index is 2.15. The molecule has 1 atom stereocenters. The molecule has 1 aromatic rings. The predicted octanol–water partition coefficient (Wildman–Crippen LogP) is 1.38. The molecule has 9 heteroatoms. The van der Waals surface area contributed by atoms with Crippen molar-refractivity contribution in [3.8, 4) is 0 Å². The molecule has 2 N–H and O–H groups in total. The van der Waals surface area contributed by atoms with Gasteiger partial charge < -0.3 is 10.6 Å². The summed E-state index contributed by atoms with van der Waals surface area (Å²) < 4.78 is 26.9. The summed E-state index contributed by atoms with van der Waals surface area (Å²) in [5.41, 5.74) is 0. The van der Waals surface area contributed by atoms with Gasteiger partial charge in [0.05, 0.1) is 11.3 Å². The number of piperazine rings is 1. The molecule has 0 bridgehead atoms. The molecule has 1 unspecified atom stereocenters. The monoisotopic (exact) mass is 401 g/mol. The van der Waals surface area contributed by atoms with Crippen LogP contribution in [0.5, 0.6) is 0 Å². The molecule has 1 aliphatic rings. The summed E-state index contributed by atoms with van der Waals surface area (Å²) in [7, 11) is -3.91. The first-order valence-corrected chi connectivity index (χ1v) is 10.4.